The maximum atomic E-state index is 13.5. The first kappa shape index (κ1) is 12.1. The lowest BCUT2D eigenvalue weighted by molar-refractivity contribution is 0.244. The molecule has 2 rings (SSSR count). The van der Waals surface area contributed by atoms with Crippen molar-refractivity contribution in [3.8, 4) is 0 Å². The third kappa shape index (κ3) is 3.08. The largest absolute Gasteiger partial charge is 0.462 e. The fourth-order valence-electron chi connectivity index (χ4n) is 1.42. The Hall–Kier alpha value is -1.33. The first-order valence-corrected chi connectivity index (χ1v) is 5.85. The minimum absolute atomic E-state index is 0.132. The molecule has 0 atom stereocenters. The predicted molar refractivity (Wildman–Crippen MR) is 66.1 cm³/mol. The van der Waals surface area contributed by atoms with E-state index in [1.807, 2.05) is 0 Å². The molecule has 5 heteroatoms. The average molecular weight is 300 g/mol. The molecule has 0 aliphatic carbocycles. The Labute approximate surface area is 106 Å². The molecule has 2 aromatic rings. The molecule has 0 amide bonds. The molecule has 0 bridgehead atoms. The van der Waals surface area contributed by atoms with Crippen molar-refractivity contribution in [3.63, 3.8) is 0 Å². The number of rotatable bonds is 4. The van der Waals surface area contributed by atoms with E-state index in [1.165, 1.54) is 6.07 Å². The summed E-state index contributed by atoms with van der Waals surface area (Å²) < 4.78 is 19.4. The molecule has 17 heavy (non-hydrogen) atoms. The molecule has 1 aromatic heterocycles. The minimum Gasteiger partial charge on any atom is -0.462 e. The number of aliphatic hydroxyl groups is 1. The van der Waals surface area contributed by atoms with Gasteiger partial charge in [-0.3, -0.25) is 0 Å². The molecule has 0 radical (unpaired) electrons. The van der Waals surface area contributed by atoms with Crippen molar-refractivity contribution in [2.45, 2.75) is 13.2 Å². The molecule has 3 nitrogen and oxygen atoms in total. The van der Waals surface area contributed by atoms with E-state index >= 15 is 0 Å². The fourth-order valence-corrected chi connectivity index (χ4v) is 1.75. The van der Waals surface area contributed by atoms with Gasteiger partial charge in [-0.25, -0.2) is 4.39 Å². The molecule has 90 valence electrons. The number of hydrogen-bond acceptors (Lipinski definition) is 3. The second-order valence-electron chi connectivity index (χ2n) is 3.50. The van der Waals surface area contributed by atoms with Crippen LogP contribution in [0, 0.1) is 5.82 Å². The summed E-state index contributed by atoms with van der Waals surface area (Å²) in [5, 5.41) is 11.8. The van der Waals surface area contributed by atoms with Crippen LogP contribution in [0.2, 0.25) is 0 Å². The third-order valence-electron chi connectivity index (χ3n) is 2.26. The summed E-state index contributed by atoms with van der Waals surface area (Å²) in [4.78, 5) is 0. The van der Waals surface area contributed by atoms with Crippen LogP contribution in [0.4, 0.5) is 10.1 Å². The Morgan fingerprint density at radius 1 is 1.24 bits per heavy atom. The zero-order valence-corrected chi connectivity index (χ0v) is 10.5. The molecule has 0 unspecified atom stereocenters. The number of nitrogens with one attached hydrogen (secondary N) is 1. The molecular weight excluding hydrogens is 289 g/mol. The van der Waals surface area contributed by atoms with Gasteiger partial charge in [0.2, 0.25) is 0 Å². The summed E-state index contributed by atoms with van der Waals surface area (Å²) in [5.41, 5.74) is 0.412. The SMILES string of the molecule is OCc1ccc(CNc2ccc(Br)cc2F)o1. The van der Waals surface area contributed by atoms with Gasteiger partial charge in [0.25, 0.3) is 0 Å². The number of benzene rings is 1. The number of aliphatic hydroxyl groups excluding tert-OH is 1. The number of halogens is 2. The number of anilines is 1. The van der Waals surface area contributed by atoms with Gasteiger partial charge in [0.05, 0.1) is 12.2 Å². The first-order chi connectivity index (χ1) is 8.19. The molecule has 1 aromatic carbocycles. The van der Waals surface area contributed by atoms with Crippen LogP contribution < -0.4 is 5.32 Å². The van der Waals surface area contributed by atoms with Gasteiger partial charge in [-0.15, -0.1) is 0 Å². The molecular formula is C12H11BrFNO2. The molecule has 1 heterocycles. The van der Waals surface area contributed by atoms with Gasteiger partial charge in [0, 0.05) is 4.47 Å². The molecule has 0 saturated carbocycles. The topological polar surface area (TPSA) is 45.4 Å². The van der Waals surface area contributed by atoms with Crippen LogP contribution in [0.15, 0.2) is 39.2 Å². The summed E-state index contributed by atoms with van der Waals surface area (Å²) >= 11 is 3.19. The smallest absolute Gasteiger partial charge is 0.147 e. The van der Waals surface area contributed by atoms with Gasteiger partial charge < -0.3 is 14.8 Å². The van der Waals surface area contributed by atoms with Crippen molar-refractivity contribution in [3.05, 3.63) is 52.1 Å². The van der Waals surface area contributed by atoms with Gasteiger partial charge in [-0.05, 0) is 30.3 Å². The van der Waals surface area contributed by atoms with Gasteiger partial charge in [-0.1, -0.05) is 15.9 Å². The monoisotopic (exact) mass is 299 g/mol. The van der Waals surface area contributed by atoms with Crippen LogP contribution in [0.5, 0.6) is 0 Å². The maximum Gasteiger partial charge on any atom is 0.147 e. The van der Waals surface area contributed by atoms with Crippen LogP contribution in [0.3, 0.4) is 0 Å². The lowest BCUT2D eigenvalue weighted by atomic mass is 10.3. The van der Waals surface area contributed by atoms with E-state index in [0.717, 1.165) is 0 Å². The lowest BCUT2D eigenvalue weighted by Crippen LogP contribution is -2.00. The van der Waals surface area contributed by atoms with Crippen molar-refractivity contribution in [1.29, 1.82) is 0 Å². The van der Waals surface area contributed by atoms with Gasteiger partial charge in [0.15, 0.2) is 0 Å². The van der Waals surface area contributed by atoms with E-state index < -0.39 is 0 Å². The molecule has 0 fully saturated rings. The maximum absolute atomic E-state index is 13.5. The Balaban J connectivity index is 2.02. The molecule has 0 aliphatic rings. The van der Waals surface area contributed by atoms with Crippen molar-refractivity contribution in [2.24, 2.45) is 0 Å². The van der Waals surface area contributed by atoms with Crippen LogP contribution in [-0.2, 0) is 13.2 Å². The third-order valence-corrected chi connectivity index (χ3v) is 2.75. The Morgan fingerprint density at radius 2 is 2.00 bits per heavy atom. The highest BCUT2D eigenvalue weighted by Gasteiger charge is 2.04. The minimum atomic E-state index is -0.326. The average Bonchev–Trinajstić information content (AvgIpc) is 2.76. The summed E-state index contributed by atoms with van der Waals surface area (Å²) in [7, 11) is 0. The highest BCUT2D eigenvalue weighted by Crippen LogP contribution is 2.20. The van der Waals surface area contributed by atoms with Crippen molar-refractivity contribution < 1.29 is 13.9 Å². The zero-order valence-electron chi connectivity index (χ0n) is 8.91. The summed E-state index contributed by atoms with van der Waals surface area (Å²) in [6.07, 6.45) is 0. The number of hydrogen-bond donors (Lipinski definition) is 2. The van der Waals surface area contributed by atoms with Gasteiger partial charge in [0.1, 0.15) is 23.9 Å². The summed E-state index contributed by atoms with van der Waals surface area (Å²) in [6, 6.07) is 8.23. The molecule has 0 aliphatic heterocycles. The van der Waals surface area contributed by atoms with Crippen LogP contribution in [0.25, 0.3) is 0 Å². The van der Waals surface area contributed by atoms with Gasteiger partial charge in [-0.2, -0.15) is 0 Å². The van der Waals surface area contributed by atoms with Crippen LogP contribution >= 0.6 is 15.9 Å². The molecule has 0 saturated heterocycles. The highest BCUT2D eigenvalue weighted by molar-refractivity contribution is 9.10. The van der Waals surface area contributed by atoms with E-state index in [2.05, 4.69) is 21.2 Å². The van der Waals surface area contributed by atoms with E-state index in [0.29, 0.717) is 28.2 Å². The quantitative estimate of drug-likeness (QED) is 0.911. The number of furan rings is 1. The van der Waals surface area contributed by atoms with Crippen LogP contribution in [-0.4, -0.2) is 5.11 Å². The Bertz CT molecular complexity index is 513. The Morgan fingerprint density at radius 3 is 2.65 bits per heavy atom. The standard InChI is InChI=1S/C12H11BrFNO2/c13-8-1-4-12(11(14)5-8)15-6-9-2-3-10(7-16)17-9/h1-5,15-16H,6-7H2. The second-order valence-corrected chi connectivity index (χ2v) is 4.42. The molecule has 0 spiro atoms. The normalized spacial score (nSPS) is 10.5. The fraction of sp³-hybridized carbons (Fsp3) is 0.167. The van der Waals surface area contributed by atoms with Crippen molar-refractivity contribution in [2.75, 3.05) is 5.32 Å². The van der Waals surface area contributed by atoms with E-state index in [-0.39, 0.29) is 12.4 Å². The second kappa shape index (κ2) is 5.33. The van der Waals surface area contributed by atoms with Crippen molar-refractivity contribution in [1.82, 2.24) is 0 Å². The first-order valence-electron chi connectivity index (χ1n) is 5.06. The summed E-state index contributed by atoms with van der Waals surface area (Å²) in [6.45, 7) is 0.241. The van der Waals surface area contributed by atoms with Crippen molar-refractivity contribution >= 4 is 21.6 Å². The van der Waals surface area contributed by atoms with E-state index in [1.54, 1.807) is 24.3 Å². The van der Waals surface area contributed by atoms with Crippen LogP contribution in [0.1, 0.15) is 11.5 Å². The summed E-state index contributed by atoms with van der Waals surface area (Å²) in [5.74, 6) is 0.822. The Kier molecular flexibility index (Phi) is 3.81. The van der Waals surface area contributed by atoms with E-state index in [9.17, 15) is 4.39 Å². The lowest BCUT2D eigenvalue weighted by Gasteiger charge is -2.05. The highest BCUT2D eigenvalue weighted by atomic mass is 79.9. The predicted octanol–water partition coefficient (Wildman–Crippen LogP) is 3.29. The molecule has 2 N–H and O–H groups in total. The zero-order chi connectivity index (χ0) is 12.3. The van der Waals surface area contributed by atoms with E-state index in [4.69, 9.17) is 9.52 Å². The van der Waals surface area contributed by atoms with Gasteiger partial charge >= 0.3 is 0 Å².